The Morgan fingerprint density at radius 2 is 1.81 bits per heavy atom. The summed E-state index contributed by atoms with van der Waals surface area (Å²) in [5.41, 5.74) is 3.24. The standard InChI is InChI=1S/C19H18ClN3O3/c20-14-7-5-13(6-8-14)15-4-2-1-3-12(15)9-10-21-17(24)11-16-18(25)23-19(26)22-16/h1-8,16H,9-11H2,(H,21,24)(H2,22,23,25,26). The lowest BCUT2D eigenvalue weighted by molar-refractivity contribution is -0.126. The highest BCUT2D eigenvalue weighted by atomic mass is 35.5. The number of urea groups is 1. The van der Waals surface area contributed by atoms with E-state index in [-0.39, 0.29) is 12.3 Å². The van der Waals surface area contributed by atoms with Crippen molar-refractivity contribution in [1.82, 2.24) is 16.0 Å². The molecule has 1 fully saturated rings. The normalized spacial score (nSPS) is 16.1. The third-order valence-corrected chi connectivity index (χ3v) is 4.39. The lowest BCUT2D eigenvalue weighted by Gasteiger charge is -2.12. The first-order valence-electron chi connectivity index (χ1n) is 8.25. The quantitative estimate of drug-likeness (QED) is 0.681. The monoisotopic (exact) mass is 371 g/mol. The molecule has 0 radical (unpaired) electrons. The van der Waals surface area contributed by atoms with Crippen molar-refractivity contribution < 1.29 is 14.4 Å². The van der Waals surface area contributed by atoms with Crippen LogP contribution in [0, 0.1) is 0 Å². The molecule has 0 spiro atoms. The van der Waals surface area contributed by atoms with Crippen LogP contribution in [0.15, 0.2) is 48.5 Å². The van der Waals surface area contributed by atoms with Crippen LogP contribution in [-0.2, 0) is 16.0 Å². The van der Waals surface area contributed by atoms with Gasteiger partial charge in [0, 0.05) is 11.6 Å². The maximum atomic E-state index is 12.0. The van der Waals surface area contributed by atoms with E-state index < -0.39 is 18.0 Å². The summed E-state index contributed by atoms with van der Waals surface area (Å²) in [6.07, 6.45) is 0.574. The van der Waals surface area contributed by atoms with Crippen LogP contribution < -0.4 is 16.0 Å². The number of carbonyl (C=O) groups is 3. The Morgan fingerprint density at radius 3 is 2.50 bits per heavy atom. The lowest BCUT2D eigenvalue weighted by atomic mass is 9.98. The SMILES string of the molecule is O=C(CC1NC(=O)NC1=O)NCCc1ccccc1-c1ccc(Cl)cc1. The molecule has 1 atom stereocenters. The number of halogens is 1. The third-order valence-electron chi connectivity index (χ3n) is 4.14. The smallest absolute Gasteiger partial charge is 0.322 e. The molecule has 2 aromatic carbocycles. The van der Waals surface area contributed by atoms with Gasteiger partial charge in [-0.15, -0.1) is 0 Å². The maximum absolute atomic E-state index is 12.0. The number of imide groups is 1. The molecule has 0 saturated carbocycles. The van der Waals surface area contributed by atoms with Gasteiger partial charge < -0.3 is 10.6 Å². The molecule has 3 N–H and O–H groups in total. The first kappa shape index (κ1) is 17.9. The van der Waals surface area contributed by atoms with Gasteiger partial charge in [-0.3, -0.25) is 14.9 Å². The first-order chi connectivity index (χ1) is 12.5. The molecule has 0 aliphatic carbocycles. The average molecular weight is 372 g/mol. The highest BCUT2D eigenvalue weighted by Gasteiger charge is 2.31. The second-order valence-corrected chi connectivity index (χ2v) is 6.42. The molecule has 1 saturated heterocycles. The van der Waals surface area contributed by atoms with Crippen LogP contribution >= 0.6 is 11.6 Å². The van der Waals surface area contributed by atoms with Crippen LogP contribution in [0.2, 0.25) is 5.02 Å². The molecule has 6 nitrogen and oxygen atoms in total. The van der Waals surface area contributed by atoms with E-state index in [1.54, 1.807) is 0 Å². The van der Waals surface area contributed by atoms with Gasteiger partial charge in [-0.05, 0) is 35.2 Å². The fraction of sp³-hybridized carbons (Fsp3) is 0.211. The number of benzene rings is 2. The molecule has 3 rings (SSSR count). The molecule has 4 amide bonds. The van der Waals surface area contributed by atoms with E-state index in [0.717, 1.165) is 16.7 Å². The number of rotatable bonds is 6. The molecule has 2 aromatic rings. The van der Waals surface area contributed by atoms with Crippen molar-refractivity contribution in [3.63, 3.8) is 0 Å². The molecule has 134 valence electrons. The van der Waals surface area contributed by atoms with Gasteiger partial charge in [0.2, 0.25) is 5.91 Å². The van der Waals surface area contributed by atoms with E-state index in [2.05, 4.69) is 16.0 Å². The van der Waals surface area contributed by atoms with Gasteiger partial charge in [0.15, 0.2) is 0 Å². The number of hydrogen-bond donors (Lipinski definition) is 3. The molecule has 0 aromatic heterocycles. The van der Waals surface area contributed by atoms with E-state index in [1.807, 2.05) is 48.5 Å². The largest absolute Gasteiger partial charge is 0.356 e. The Labute approximate surface area is 155 Å². The van der Waals surface area contributed by atoms with Crippen LogP contribution in [0.25, 0.3) is 11.1 Å². The summed E-state index contributed by atoms with van der Waals surface area (Å²) in [5.74, 6) is -0.755. The fourth-order valence-corrected chi connectivity index (χ4v) is 2.97. The molecule has 26 heavy (non-hydrogen) atoms. The highest BCUT2D eigenvalue weighted by molar-refractivity contribution is 6.30. The lowest BCUT2D eigenvalue weighted by Crippen LogP contribution is -2.36. The summed E-state index contributed by atoms with van der Waals surface area (Å²) in [7, 11) is 0. The zero-order valence-corrected chi connectivity index (χ0v) is 14.7. The summed E-state index contributed by atoms with van der Waals surface area (Å²) in [5, 5.41) is 7.98. The van der Waals surface area contributed by atoms with Gasteiger partial charge in [-0.25, -0.2) is 4.79 Å². The fourth-order valence-electron chi connectivity index (χ4n) is 2.85. The van der Waals surface area contributed by atoms with Crippen LogP contribution in [0.3, 0.4) is 0 Å². The van der Waals surface area contributed by atoms with Crippen molar-refractivity contribution in [1.29, 1.82) is 0 Å². The predicted molar refractivity (Wildman–Crippen MR) is 98.7 cm³/mol. The second-order valence-electron chi connectivity index (χ2n) is 5.98. The highest BCUT2D eigenvalue weighted by Crippen LogP contribution is 2.25. The maximum Gasteiger partial charge on any atom is 0.322 e. The second kappa shape index (κ2) is 8.01. The van der Waals surface area contributed by atoms with E-state index in [4.69, 9.17) is 11.6 Å². The Morgan fingerprint density at radius 1 is 1.08 bits per heavy atom. The zero-order chi connectivity index (χ0) is 18.5. The Balaban J connectivity index is 1.57. The molecule has 1 aliphatic heterocycles. The molecule has 1 heterocycles. The minimum atomic E-state index is -0.802. The first-order valence-corrected chi connectivity index (χ1v) is 8.62. The minimum absolute atomic E-state index is 0.0730. The number of amides is 4. The van der Waals surface area contributed by atoms with Gasteiger partial charge in [-0.1, -0.05) is 48.0 Å². The van der Waals surface area contributed by atoms with E-state index in [1.165, 1.54) is 0 Å². The van der Waals surface area contributed by atoms with Crippen molar-refractivity contribution in [2.24, 2.45) is 0 Å². The van der Waals surface area contributed by atoms with Crippen molar-refractivity contribution >= 4 is 29.4 Å². The molecular formula is C19H18ClN3O3. The minimum Gasteiger partial charge on any atom is -0.356 e. The van der Waals surface area contributed by atoms with E-state index in [9.17, 15) is 14.4 Å². The van der Waals surface area contributed by atoms with Gasteiger partial charge in [0.25, 0.3) is 5.91 Å². The molecule has 1 unspecified atom stereocenters. The number of nitrogens with one attached hydrogen (secondary N) is 3. The topological polar surface area (TPSA) is 87.3 Å². The van der Waals surface area contributed by atoms with Gasteiger partial charge in [-0.2, -0.15) is 0 Å². The van der Waals surface area contributed by atoms with Crippen molar-refractivity contribution in [3.8, 4) is 11.1 Å². The molecule has 0 bridgehead atoms. The predicted octanol–water partition coefficient (Wildman–Crippen LogP) is 2.26. The van der Waals surface area contributed by atoms with E-state index >= 15 is 0 Å². The van der Waals surface area contributed by atoms with E-state index in [0.29, 0.717) is 18.0 Å². The zero-order valence-electron chi connectivity index (χ0n) is 13.9. The van der Waals surface area contributed by atoms with Crippen LogP contribution in [0.1, 0.15) is 12.0 Å². The third kappa shape index (κ3) is 4.40. The van der Waals surface area contributed by atoms with Crippen LogP contribution in [0.4, 0.5) is 4.79 Å². The summed E-state index contributed by atoms with van der Waals surface area (Å²) in [6.45, 7) is 0.436. The summed E-state index contributed by atoms with van der Waals surface area (Å²) >= 11 is 5.94. The summed E-state index contributed by atoms with van der Waals surface area (Å²) in [6, 6.07) is 14.2. The van der Waals surface area contributed by atoms with Gasteiger partial charge in [0.05, 0.1) is 6.42 Å². The Bertz CT molecular complexity index is 836. The van der Waals surface area contributed by atoms with Gasteiger partial charge in [0.1, 0.15) is 6.04 Å². The van der Waals surface area contributed by atoms with Crippen LogP contribution in [0.5, 0.6) is 0 Å². The molecule has 1 aliphatic rings. The van der Waals surface area contributed by atoms with Crippen molar-refractivity contribution in [2.75, 3.05) is 6.54 Å². The number of hydrogen-bond acceptors (Lipinski definition) is 3. The Kier molecular flexibility index (Phi) is 5.53. The number of carbonyl (C=O) groups excluding carboxylic acids is 3. The van der Waals surface area contributed by atoms with Crippen molar-refractivity contribution in [2.45, 2.75) is 18.9 Å². The molecular weight excluding hydrogens is 354 g/mol. The summed E-state index contributed by atoms with van der Waals surface area (Å²) < 4.78 is 0. The Hall–Kier alpha value is -2.86. The molecule has 7 heteroatoms. The van der Waals surface area contributed by atoms with Crippen molar-refractivity contribution in [3.05, 3.63) is 59.1 Å². The average Bonchev–Trinajstić information content (AvgIpc) is 2.93. The summed E-state index contributed by atoms with van der Waals surface area (Å²) in [4.78, 5) is 34.5. The van der Waals surface area contributed by atoms with Crippen LogP contribution in [-0.4, -0.2) is 30.4 Å². The van der Waals surface area contributed by atoms with Gasteiger partial charge >= 0.3 is 6.03 Å².